The van der Waals surface area contributed by atoms with E-state index in [9.17, 15) is 0 Å². The van der Waals surface area contributed by atoms with Gasteiger partial charge in [0, 0.05) is 0 Å². The summed E-state index contributed by atoms with van der Waals surface area (Å²) in [4.78, 5) is 48.6. The molecule has 0 atom stereocenters. The fourth-order valence-corrected chi connectivity index (χ4v) is 0. The van der Waals surface area contributed by atoms with Crippen molar-refractivity contribution in [3.05, 3.63) is 0 Å². The van der Waals surface area contributed by atoms with Gasteiger partial charge in [-0.3, -0.25) is 0 Å². The van der Waals surface area contributed by atoms with Gasteiger partial charge in [0.15, 0.2) is 0 Å². The van der Waals surface area contributed by atoms with E-state index in [0.29, 0.717) is 0 Å². The normalized spacial score (nSPS) is 10.7. The zero-order valence-corrected chi connectivity index (χ0v) is 9.70. The SMILES string of the molecule is O=P([O-])([O-])O.O=P([O-])([O-])O.[Zn+4]. The van der Waals surface area contributed by atoms with Crippen molar-refractivity contribution < 1.29 is 58.0 Å². The van der Waals surface area contributed by atoms with E-state index in [4.69, 9.17) is 38.5 Å². The van der Waals surface area contributed by atoms with Gasteiger partial charge in [-0.15, -0.1) is 0 Å². The summed E-state index contributed by atoms with van der Waals surface area (Å²) >= 11 is 0. The molecule has 8 nitrogen and oxygen atoms in total. The molecule has 62 valence electrons. The molecule has 11 heavy (non-hydrogen) atoms. The smallest absolute Gasteiger partial charge is 0.790 e. The summed E-state index contributed by atoms with van der Waals surface area (Å²) in [6.45, 7) is 0. The average Bonchev–Trinajstić information content (AvgIpc) is 1.12. The minimum atomic E-state index is -5.14. The van der Waals surface area contributed by atoms with Crippen molar-refractivity contribution in [1.29, 1.82) is 0 Å². The Morgan fingerprint density at radius 2 is 0.818 bits per heavy atom. The third-order valence-corrected chi connectivity index (χ3v) is 0. The Labute approximate surface area is 74.1 Å². The van der Waals surface area contributed by atoms with Gasteiger partial charge in [0.1, 0.15) is 0 Å². The first-order chi connectivity index (χ1) is 4.00. The molecule has 0 saturated carbocycles. The molecule has 0 aromatic carbocycles. The van der Waals surface area contributed by atoms with Crippen LogP contribution >= 0.6 is 15.6 Å². The molecular weight excluding hydrogens is 255 g/mol. The summed E-state index contributed by atoms with van der Waals surface area (Å²) in [5.74, 6) is 0. The molecule has 0 aliphatic carbocycles. The van der Waals surface area contributed by atoms with Gasteiger partial charge in [-0.1, -0.05) is 0 Å². The van der Waals surface area contributed by atoms with Gasteiger partial charge in [-0.2, -0.15) is 0 Å². The van der Waals surface area contributed by atoms with Crippen LogP contribution in [0.2, 0.25) is 0 Å². The van der Waals surface area contributed by atoms with Gasteiger partial charge < -0.3 is 38.5 Å². The van der Waals surface area contributed by atoms with E-state index in [1.807, 2.05) is 0 Å². The van der Waals surface area contributed by atoms with E-state index in [2.05, 4.69) is 0 Å². The van der Waals surface area contributed by atoms with E-state index in [1.165, 1.54) is 0 Å². The van der Waals surface area contributed by atoms with Crippen LogP contribution in [0.1, 0.15) is 0 Å². The van der Waals surface area contributed by atoms with Crippen LogP contribution in [0.25, 0.3) is 0 Å². The fourth-order valence-electron chi connectivity index (χ4n) is 0. The number of hydrogen-bond donors (Lipinski definition) is 2. The molecule has 0 bridgehead atoms. The van der Waals surface area contributed by atoms with Crippen molar-refractivity contribution in [2.45, 2.75) is 0 Å². The largest absolute Gasteiger partial charge is 4.00 e. The van der Waals surface area contributed by atoms with Gasteiger partial charge in [-0.05, 0) is 0 Å². The Morgan fingerprint density at radius 3 is 0.818 bits per heavy atom. The van der Waals surface area contributed by atoms with Crippen LogP contribution in [0.5, 0.6) is 0 Å². The van der Waals surface area contributed by atoms with Crippen molar-refractivity contribution in [3.8, 4) is 0 Å². The maximum Gasteiger partial charge on any atom is 4.00 e. The summed E-state index contributed by atoms with van der Waals surface area (Å²) in [6, 6.07) is 0. The summed E-state index contributed by atoms with van der Waals surface area (Å²) in [5, 5.41) is 0. The first-order valence-corrected chi connectivity index (χ1v) is 4.49. The summed E-state index contributed by atoms with van der Waals surface area (Å²) in [6.07, 6.45) is 0. The summed E-state index contributed by atoms with van der Waals surface area (Å²) in [7, 11) is -10.3. The Bertz CT molecular complexity index is 124. The Balaban J connectivity index is -0.000000107. The Morgan fingerprint density at radius 1 is 0.818 bits per heavy atom. The van der Waals surface area contributed by atoms with Crippen LogP contribution in [0.3, 0.4) is 0 Å². The zero-order chi connectivity index (χ0) is 9.00. The molecule has 0 aliphatic heterocycles. The molecule has 2 N–H and O–H groups in total. The Hall–Kier alpha value is 0.843. The van der Waals surface area contributed by atoms with Gasteiger partial charge in [0.2, 0.25) is 0 Å². The minimum Gasteiger partial charge on any atom is -0.790 e. The summed E-state index contributed by atoms with van der Waals surface area (Å²) in [5.41, 5.74) is 0. The standard InChI is InChI=1S/2H3O4P.Zn/c2*1-5(2,3)4;/h2*(H3,1,2,3,4);/q;;+4/p-4. The van der Waals surface area contributed by atoms with Crippen molar-refractivity contribution >= 4 is 15.6 Å². The predicted octanol–water partition coefficient (Wildman–Crippen LogP) is -4.39. The van der Waals surface area contributed by atoms with Gasteiger partial charge in [0.05, 0.1) is 15.6 Å². The topological polar surface area (TPSA) is 167 Å². The number of rotatable bonds is 0. The van der Waals surface area contributed by atoms with Crippen molar-refractivity contribution in [2.24, 2.45) is 0 Å². The number of hydrogen-bond acceptors (Lipinski definition) is 6. The molecule has 0 aliphatic rings. The van der Waals surface area contributed by atoms with Crippen molar-refractivity contribution in [2.75, 3.05) is 0 Å². The van der Waals surface area contributed by atoms with Crippen LogP contribution in [-0.4, -0.2) is 9.79 Å². The van der Waals surface area contributed by atoms with Gasteiger partial charge in [0.25, 0.3) is 0 Å². The molecular formula is H2O8P2Zn. The fraction of sp³-hybridized carbons (Fsp3) is 0. The molecule has 0 unspecified atom stereocenters. The quantitative estimate of drug-likeness (QED) is 0.324. The van der Waals surface area contributed by atoms with E-state index in [0.717, 1.165) is 0 Å². The van der Waals surface area contributed by atoms with Crippen LogP contribution in [0, 0.1) is 0 Å². The first kappa shape index (κ1) is 17.8. The molecule has 0 fully saturated rings. The van der Waals surface area contributed by atoms with E-state index in [1.54, 1.807) is 0 Å². The second kappa shape index (κ2) is 6.37. The third kappa shape index (κ3) is 1190. The first-order valence-electron chi connectivity index (χ1n) is 1.50. The molecule has 0 saturated heterocycles. The van der Waals surface area contributed by atoms with Crippen LogP contribution in [-0.2, 0) is 28.6 Å². The molecule has 0 heterocycles. The van der Waals surface area contributed by atoms with Crippen LogP contribution in [0.4, 0.5) is 0 Å². The molecule has 0 radical (unpaired) electrons. The second-order valence-corrected chi connectivity index (χ2v) is 2.81. The summed E-state index contributed by atoms with van der Waals surface area (Å²) < 4.78 is 17.3. The predicted molar refractivity (Wildman–Crippen MR) is 19.7 cm³/mol. The average molecular weight is 257 g/mol. The molecule has 0 aromatic heterocycles. The molecule has 0 rings (SSSR count). The van der Waals surface area contributed by atoms with E-state index >= 15 is 0 Å². The molecule has 0 amide bonds. The molecule has 0 spiro atoms. The zero-order valence-electron chi connectivity index (χ0n) is 4.95. The second-order valence-electron chi connectivity index (χ2n) is 0.937. The van der Waals surface area contributed by atoms with Gasteiger partial charge in [-0.25, -0.2) is 0 Å². The van der Waals surface area contributed by atoms with E-state index in [-0.39, 0.29) is 19.5 Å². The van der Waals surface area contributed by atoms with Crippen molar-refractivity contribution in [3.63, 3.8) is 0 Å². The van der Waals surface area contributed by atoms with Crippen LogP contribution in [0.15, 0.2) is 0 Å². The third-order valence-electron chi connectivity index (χ3n) is 0. The van der Waals surface area contributed by atoms with Crippen molar-refractivity contribution in [1.82, 2.24) is 0 Å². The van der Waals surface area contributed by atoms with Gasteiger partial charge >= 0.3 is 19.5 Å². The maximum atomic E-state index is 8.66. The molecule has 0 aromatic rings. The minimum absolute atomic E-state index is 0. The molecule has 11 heteroatoms. The van der Waals surface area contributed by atoms with E-state index < -0.39 is 15.6 Å². The van der Waals surface area contributed by atoms with Crippen LogP contribution < -0.4 is 19.6 Å². The number of phosphoric acid groups is 2. The monoisotopic (exact) mass is 256 g/mol. The Kier molecular flexibility index (Phi) is 10.3. The maximum absolute atomic E-state index is 8.66.